The van der Waals surface area contributed by atoms with Gasteiger partial charge in [0, 0.05) is 12.2 Å². The van der Waals surface area contributed by atoms with E-state index in [2.05, 4.69) is 5.32 Å². The summed E-state index contributed by atoms with van der Waals surface area (Å²) in [7, 11) is 0. The fraction of sp³-hybridized carbons (Fsp3) is 0.385. The number of anilines is 1. The molecule has 1 saturated heterocycles. The van der Waals surface area contributed by atoms with Crippen LogP contribution in [0.1, 0.15) is 13.3 Å². The maximum atomic E-state index is 13.1. The Morgan fingerprint density at radius 3 is 2.81 bits per heavy atom. The summed E-state index contributed by atoms with van der Waals surface area (Å²) in [6, 6.07) is 2.81. The van der Waals surface area contributed by atoms with E-state index in [1.165, 1.54) is 23.1 Å². The molecule has 2 amide bonds. The summed E-state index contributed by atoms with van der Waals surface area (Å²) in [4.78, 5) is 25.2. The molecule has 0 radical (unpaired) electrons. The first kappa shape index (κ1) is 17.7. The minimum atomic E-state index is -0.669. The number of carbonyl (C=O) groups is 2. The molecule has 1 aliphatic heterocycles. The van der Waals surface area contributed by atoms with Crippen molar-refractivity contribution in [2.75, 3.05) is 11.4 Å². The van der Waals surface area contributed by atoms with Crippen LogP contribution in [-0.2, 0) is 9.59 Å². The zero-order chi connectivity index (χ0) is 14.9. The lowest BCUT2D eigenvalue weighted by Gasteiger charge is -2.18. The number of amides is 2. The van der Waals surface area contributed by atoms with Crippen molar-refractivity contribution in [3.8, 4) is 0 Å². The molecule has 1 aromatic carbocycles. The summed E-state index contributed by atoms with van der Waals surface area (Å²) in [5.41, 5.74) is 5.96. The molecule has 0 aliphatic carbocycles. The molecule has 5 nitrogen and oxygen atoms in total. The van der Waals surface area contributed by atoms with Crippen LogP contribution < -0.4 is 16.0 Å². The molecule has 116 valence electrons. The lowest BCUT2D eigenvalue weighted by molar-refractivity contribution is -0.127. The zero-order valence-corrected chi connectivity index (χ0v) is 12.9. The van der Waals surface area contributed by atoms with E-state index in [4.69, 9.17) is 17.3 Å². The Labute approximate surface area is 133 Å². The van der Waals surface area contributed by atoms with Crippen LogP contribution in [0.15, 0.2) is 18.2 Å². The highest BCUT2D eigenvalue weighted by Gasteiger charge is 2.34. The first-order valence-electron chi connectivity index (χ1n) is 6.22. The van der Waals surface area contributed by atoms with Crippen molar-refractivity contribution in [3.63, 3.8) is 0 Å². The largest absolute Gasteiger partial charge is 0.343 e. The number of halogens is 3. The maximum Gasteiger partial charge on any atom is 0.249 e. The third-order valence-corrected chi connectivity index (χ3v) is 3.44. The molecule has 8 heteroatoms. The number of nitrogens with one attached hydrogen (secondary N) is 1. The van der Waals surface area contributed by atoms with Gasteiger partial charge < -0.3 is 16.0 Å². The summed E-state index contributed by atoms with van der Waals surface area (Å²) in [6.45, 7) is 1.98. The molecule has 0 saturated carbocycles. The van der Waals surface area contributed by atoms with Crippen LogP contribution in [0, 0.1) is 5.82 Å². The molecule has 0 aromatic heterocycles. The monoisotopic (exact) mass is 335 g/mol. The van der Waals surface area contributed by atoms with Gasteiger partial charge in [0.1, 0.15) is 11.9 Å². The van der Waals surface area contributed by atoms with Crippen LogP contribution >= 0.6 is 24.0 Å². The molecular weight excluding hydrogens is 320 g/mol. The highest BCUT2D eigenvalue weighted by molar-refractivity contribution is 6.31. The van der Waals surface area contributed by atoms with Gasteiger partial charge >= 0.3 is 0 Å². The van der Waals surface area contributed by atoms with Crippen molar-refractivity contribution in [1.82, 2.24) is 5.32 Å². The van der Waals surface area contributed by atoms with Crippen molar-refractivity contribution in [1.29, 1.82) is 0 Å². The third-order valence-electron chi connectivity index (χ3n) is 3.15. The van der Waals surface area contributed by atoms with E-state index < -0.39 is 17.9 Å². The second kappa shape index (κ2) is 7.06. The highest BCUT2D eigenvalue weighted by atomic mass is 35.5. The van der Waals surface area contributed by atoms with Gasteiger partial charge in [-0.15, -0.1) is 12.4 Å². The molecule has 2 rings (SSSR count). The Balaban J connectivity index is 0.00000220. The van der Waals surface area contributed by atoms with E-state index in [9.17, 15) is 14.0 Å². The lowest BCUT2D eigenvalue weighted by atomic mass is 10.2. The van der Waals surface area contributed by atoms with Gasteiger partial charge in [0.25, 0.3) is 0 Å². The fourth-order valence-electron chi connectivity index (χ4n) is 2.03. The number of rotatable bonds is 3. The second-order valence-corrected chi connectivity index (χ2v) is 5.13. The van der Waals surface area contributed by atoms with Gasteiger partial charge in [0.2, 0.25) is 11.8 Å². The second-order valence-electron chi connectivity index (χ2n) is 4.73. The van der Waals surface area contributed by atoms with Gasteiger partial charge in [0.15, 0.2) is 0 Å². The Kier molecular flexibility index (Phi) is 5.95. The molecule has 0 spiro atoms. The normalized spacial score (nSPS) is 19.1. The maximum absolute atomic E-state index is 13.1. The molecule has 1 unspecified atom stereocenters. The Hall–Kier alpha value is -1.37. The van der Waals surface area contributed by atoms with Gasteiger partial charge in [-0.05, 0) is 31.5 Å². The molecule has 1 heterocycles. The number of nitrogens with zero attached hydrogens (tertiary/aromatic N) is 1. The number of hydrogen-bond donors (Lipinski definition) is 2. The Morgan fingerprint density at radius 2 is 2.24 bits per heavy atom. The molecule has 3 N–H and O–H groups in total. The van der Waals surface area contributed by atoms with Gasteiger partial charge in [-0.1, -0.05) is 11.6 Å². The molecule has 2 atom stereocenters. The average Bonchev–Trinajstić information content (AvgIpc) is 2.74. The minimum absolute atomic E-state index is 0. The van der Waals surface area contributed by atoms with Crippen LogP contribution in [0.4, 0.5) is 10.1 Å². The average molecular weight is 336 g/mol. The Bertz CT molecular complexity index is 554. The van der Waals surface area contributed by atoms with Crippen molar-refractivity contribution in [3.05, 3.63) is 29.0 Å². The van der Waals surface area contributed by atoms with Gasteiger partial charge in [-0.2, -0.15) is 0 Å². The standard InChI is InChI=1S/C13H15ClFN3O2.ClH/c1-7(16)12(19)17-11-4-5-18(13(11)20)8-2-3-10(15)9(14)6-8;/h2-3,6-7,11H,4-5,16H2,1H3,(H,17,19);1H/t7-,11?;/m1./s1. The molecule has 1 fully saturated rings. The van der Waals surface area contributed by atoms with E-state index in [1.54, 1.807) is 6.92 Å². The van der Waals surface area contributed by atoms with E-state index >= 15 is 0 Å². The topological polar surface area (TPSA) is 75.4 Å². The predicted molar refractivity (Wildman–Crippen MR) is 81.2 cm³/mol. The summed E-state index contributed by atoms with van der Waals surface area (Å²) in [5, 5.41) is 2.55. The van der Waals surface area contributed by atoms with Gasteiger partial charge in [-0.3, -0.25) is 9.59 Å². The quantitative estimate of drug-likeness (QED) is 0.878. The van der Waals surface area contributed by atoms with E-state index in [0.717, 1.165) is 0 Å². The van der Waals surface area contributed by atoms with E-state index in [0.29, 0.717) is 18.7 Å². The van der Waals surface area contributed by atoms with E-state index in [1.807, 2.05) is 0 Å². The highest BCUT2D eigenvalue weighted by Crippen LogP contribution is 2.26. The first-order chi connectivity index (χ1) is 9.40. The summed E-state index contributed by atoms with van der Waals surface area (Å²) in [6.07, 6.45) is 0.478. The van der Waals surface area contributed by atoms with Crippen LogP contribution in [0.25, 0.3) is 0 Å². The molecular formula is C13H16Cl2FN3O2. The molecule has 0 bridgehead atoms. The smallest absolute Gasteiger partial charge is 0.249 e. The predicted octanol–water partition coefficient (Wildman–Crippen LogP) is 1.47. The lowest BCUT2D eigenvalue weighted by Crippen LogP contribution is -2.47. The van der Waals surface area contributed by atoms with Crippen molar-refractivity contribution in [2.24, 2.45) is 5.73 Å². The van der Waals surface area contributed by atoms with E-state index in [-0.39, 0.29) is 29.2 Å². The number of hydrogen-bond acceptors (Lipinski definition) is 3. The van der Waals surface area contributed by atoms with Gasteiger partial charge in [-0.25, -0.2) is 4.39 Å². The zero-order valence-electron chi connectivity index (χ0n) is 11.3. The number of benzene rings is 1. The molecule has 1 aromatic rings. The van der Waals surface area contributed by atoms with Crippen molar-refractivity contribution >= 4 is 41.5 Å². The van der Waals surface area contributed by atoms with Crippen LogP contribution in [0.2, 0.25) is 5.02 Å². The number of carbonyl (C=O) groups excluding carboxylic acids is 2. The third kappa shape index (κ3) is 3.84. The summed E-state index contributed by atoms with van der Waals surface area (Å²) in [5.74, 6) is -1.16. The summed E-state index contributed by atoms with van der Waals surface area (Å²) < 4.78 is 13.1. The van der Waals surface area contributed by atoms with Crippen molar-refractivity contribution < 1.29 is 14.0 Å². The SMILES string of the molecule is C[C@@H](N)C(=O)NC1CCN(c2ccc(F)c(Cl)c2)C1=O.Cl. The van der Waals surface area contributed by atoms with Crippen LogP contribution in [-0.4, -0.2) is 30.4 Å². The Morgan fingerprint density at radius 1 is 1.57 bits per heavy atom. The molecule has 21 heavy (non-hydrogen) atoms. The van der Waals surface area contributed by atoms with Crippen LogP contribution in [0.3, 0.4) is 0 Å². The molecule has 1 aliphatic rings. The first-order valence-corrected chi connectivity index (χ1v) is 6.60. The summed E-state index contributed by atoms with van der Waals surface area (Å²) >= 11 is 5.70. The van der Waals surface area contributed by atoms with Crippen LogP contribution in [0.5, 0.6) is 0 Å². The fourth-order valence-corrected chi connectivity index (χ4v) is 2.20. The van der Waals surface area contributed by atoms with Gasteiger partial charge in [0.05, 0.1) is 11.1 Å². The minimum Gasteiger partial charge on any atom is -0.343 e. The van der Waals surface area contributed by atoms with Crippen molar-refractivity contribution in [2.45, 2.75) is 25.4 Å². The number of nitrogens with two attached hydrogens (primary N) is 1.